The summed E-state index contributed by atoms with van der Waals surface area (Å²) in [5.41, 5.74) is 0. The van der Waals surface area contributed by atoms with Gasteiger partial charge in [0, 0.05) is 13.6 Å². The van der Waals surface area contributed by atoms with Crippen LogP contribution in [-0.4, -0.2) is 27.3 Å². The second-order valence-electron chi connectivity index (χ2n) is 3.32. The summed E-state index contributed by atoms with van der Waals surface area (Å²) in [6.45, 7) is 3.19. The summed E-state index contributed by atoms with van der Waals surface area (Å²) in [5, 5.41) is 13.0. The number of nitrogens with zero attached hydrogens (tertiary/aromatic N) is 3. The zero-order chi connectivity index (χ0) is 11.1. The van der Waals surface area contributed by atoms with Crippen LogP contribution in [0.5, 0.6) is 0 Å². The molecule has 2 amide bonds. The van der Waals surface area contributed by atoms with Crippen LogP contribution in [0.4, 0.5) is 4.79 Å². The van der Waals surface area contributed by atoms with Crippen LogP contribution in [0, 0.1) is 0 Å². The molecular formula is C9H17N5O. The Morgan fingerprint density at radius 1 is 1.53 bits per heavy atom. The fraction of sp³-hybridized carbons (Fsp3) is 0.667. The lowest BCUT2D eigenvalue weighted by Gasteiger charge is -2.06. The van der Waals surface area contributed by atoms with E-state index in [2.05, 4.69) is 27.8 Å². The second kappa shape index (κ2) is 6.00. The molecular weight excluding hydrogens is 194 g/mol. The quantitative estimate of drug-likeness (QED) is 0.693. The highest BCUT2D eigenvalue weighted by molar-refractivity contribution is 5.73. The fourth-order valence-electron chi connectivity index (χ4n) is 1.07. The minimum atomic E-state index is -0.161. The monoisotopic (exact) mass is 211 g/mol. The number of hydrogen-bond donors (Lipinski definition) is 2. The van der Waals surface area contributed by atoms with Gasteiger partial charge in [0.15, 0.2) is 5.82 Å². The molecule has 0 aliphatic heterocycles. The smallest absolute Gasteiger partial charge is 0.315 e. The normalized spacial score (nSPS) is 10.0. The Morgan fingerprint density at radius 2 is 2.33 bits per heavy atom. The molecule has 0 fully saturated rings. The highest BCUT2D eigenvalue weighted by Crippen LogP contribution is 1.89. The topological polar surface area (TPSA) is 71.8 Å². The third kappa shape index (κ3) is 3.97. The van der Waals surface area contributed by atoms with Crippen molar-refractivity contribution in [3.8, 4) is 0 Å². The first kappa shape index (κ1) is 11.5. The number of rotatable bonds is 5. The van der Waals surface area contributed by atoms with Crippen LogP contribution in [0.3, 0.4) is 0 Å². The number of carbonyl (C=O) groups excluding carboxylic acids is 1. The standard InChI is InChI=1S/C9H17N5O/c1-3-4-5-10-9(15)11-6-8-13-12-7-14(8)2/h7H,3-6H2,1-2H3,(H2,10,11,15). The van der Waals surface area contributed by atoms with Gasteiger partial charge in [-0.05, 0) is 6.42 Å². The minimum Gasteiger partial charge on any atom is -0.338 e. The van der Waals surface area contributed by atoms with Gasteiger partial charge in [-0.3, -0.25) is 0 Å². The summed E-state index contributed by atoms with van der Waals surface area (Å²) in [5.74, 6) is 0.737. The predicted molar refractivity (Wildman–Crippen MR) is 56.1 cm³/mol. The van der Waals surface area contributed by atoms with Gasteiger partial charge in [0.2, 0.25) is 0 Å². The summed E-state index contributed by atoms with van der Waals surface area (Å²) >= 11 is 0. The molecule has 6 heteroatoms. The van der Waals surface area contributed by atoms with Gasteiger partial charge >= 0.3 is 6.03 Å². The summed E-state index contributed by atoms with van der Waals surface area (Å²) < 4.78 is 1.77. The molecule has 0 spiro atoms. The van der Waals surface area contributed by atoms with E-state index in [1.54, 1.807) is 10.9 Å². The molecule has 84 valence electrons. The molecule has 0 saturated heterocycles. The Balaban J connectivity index is 2.20. The number of carbonyl (C=O) groups is 1. The van der Waals surface area contributed by atoms with Crippen molar-refractivity contribution in [1.82, 2.24) is 25.4 Å². The van der Waals surface area contributed by atoms with E-state index >= 15 is 0 Å². The average Bonchev–Trinajstić information content (AvgIpc) is 2.61. The molecule has 0 bridgehead atoms. The van der Waals surface area contributed by atoms with Crippen LogP contribution in [0.1, 0.15) is 25.6 Å². The van der Waals surface area contributed by atoms with Crippen molar-refractivity contribution in [3.63, 3.8) is 0 Å². The van der Waals surface area contributed by atoms with E-state index in [0.717, 1.165) is 18.7 Å². The molecule has 1 aromatic heterocycles. The van der Waals surface area contributed by atoms with Gasteiger partial charge < -0.3 is 15.2 Å². The Hall–Kier alpha value is -1.59. The van der Waals surface area contributed by atoms with Crippen LogP contribution in [-0.2, 0) is 13.6 Å². The Kier molecular flexibility index (Phi) is 4.59. The number of hydrogen-bond acceptors (Lipinski definition) is 3. The van der Waals surface area contributed by atoms with Crippen molar-refractivity contribution in [2.24, 2.45) is 7.05 Å². The molecule has 0 unspecified atom stereocenters. The molecule has 2 N–H and O–H groups in total. The van der Waals surface area contributed by atoms with E-state index in [-0.39, 0.29) is 6.03 Å². The second-order valence-corrected chi connectivity index (χ2v) is 3.32. The maximum Gasteiger partial charge on any atom is 0.315 e. The third-order valence-electron chi connectivity index (χ3n) is 2.03. The molecule has 1 heterocycles. The lowest BCUT2D eigenvalue weighted by Crippen LogP contribution is -2.36. The van der Waals surface area contributed by atoms with Crippen molar-refractivity contribution in [2.75, 3.05) is 6.54 Å². The van der Waals surface area contributed by atoms with Gasteiger partial charge in [0.05, 0.1) is 6.54 Å². The summed E-state index contributed by atoms with van der Waals surface area (Å²) in [4.78, 5) is 11.2. The van der Waals surface area contributed by atoms with Gasteiger partial charge in [-0.1, -0.05) is 13.3 Å². The van der Waals surface area contributed by atoms with Crippen LogP contribution in [0.15, 0.2) is 6.33 Å². The van der Waals surface area contributed by atoms with Crippen LogP contribution in [0.25, 0.3) is 0 Å². The van der Waals surface area contributed by atoms with Gasteiger partial charge in [-0.15, -0.1) is 10.2 Å². The maximum absolute atomic E-state index is 11.2. The highest BCUT2D eigenvalue weighted by Gasteiger charge is 2.02. The molecule has 15 heavy (non-hydrogen) atoms. The molecule has 0 atom stereocenters. The van der Waals surface area contributed by atoms with E-state index in [1.165, 1.54) is 0 Å². The first-order valence-electron chi connectivity index (χ1n) is 5.08. The number of amides is 2. The first-order valence-corrected chi connectivity index (χ1v) is 5.08. The summed E-state index contributed by atoms with van der Waals surface area (Å²) in [6.07, 6.45) is 3.67. The molecule has 1 aromatic rings. The lowest BCUT2D eigenvalue weighted by molar-refractivity contribution is 0.240. The van der Waals surface area contributed by atoms with Crippen molar-refractivity contribution in [2.45, 2.75) is 26.3 Å². The molecule has 0 saturated carbocycles. The number of nitrogens with one attached hydrogen (secondary N) is 2. The predicted octanol–water partition coefficient (Wildman–Crippen LogP) is 0.414. The molecule has 6 nitrogen and oxygen atoms in total. The highest BCUT2D eigenvalue weighted by atomic mass is 16.2. The van der Waals surface area contributed by atoms with Crippen molar-refractivity contribution >= 4 is 6.03 Å². The van der Waals surface area contributed by atoms with Crippen molar-refractivity contribution in [3.05, 3.63) is 12.2 Å². The number of aromatic nitrogens is 3. The lowest BCUT2D eigenvalue weighted by atomic mass is 10.3. The van der Waals surface area contributed by atoms with Crippen LogP contribution in [0.2, 0.25) is 0 Å². The van der Waals surface area contributed by atoms with E-state index in [9.17, 15) is 4.79 Å². The van der Waals surface area contributed by atoms with E-state index in [4.69, 9.17) is 0 Å². The molecule has 0 aliphatic carbocycles. The molecule has 1 rings (SSSR count). The summed E-state index contributed by atoms with van der Waals surface area (Å²) in [7, 11) is 1.84. The number of unbranched alkanes of at least 4 members (excludes halogenated alkanes) is 1. The van der Waals surface area contributed by atoms with Crippen LogP contribution >= 0.6 is 0 Å². The van der Waals surface area contributed by atoms with Crippen molar-refractivity contribution in [1.29, 1.82) is 0 Å². The largest absolute Gasteiger partial charge is 0.338 e. The van der Waals surface area contributed by atoms with Gasteiger partial charge in [0.25, 0.3) is 0 Å². The van der Waals surface area contributed by atoms with Gasteiger partial charge in [-0.25, -0.2) is 4.79 Å². The van der Waals surface area contributed by atoms with Gasteiger partial charge in [0.1, 0.15) is 6.33 Å². The minimum absolute atomic E-state index is 0.161. The fourth-order valence-corrected chi connectivity index (χ4v) is 1.07. The Labute approximate surface area is 89.1 Å². The molecule has 0 radical (unpaired) electrons. The van der Waals surface area contributed by atoms with E-state index < -0.39 is 0 Å². The molecule has 0 aromatic carbocycles. The number of aryl methyl sites for hydroxylation is 1. The zero-order valence-electron chi connectivity index (χ0n) is 9.16. The van der Waals surface area contributed by atoms with Gasteiger partial charge in [-0.2, -0.15) is 0 Å². The Morgan fingerprint density at radius 3 is 2.93 bits per heavy atom. The molecule has 0 aliphatic rings. The first-order chi connectivity index (χ1) is 7.24. The van der Waals surface area contributed by atoms with E-state index in [1.807, 2.05) is 7.05 Å². The SMILES string of the molecule is CCCCNC(=O)NCc1nncn1C. The maximum atomic E-state index is 11.2. The number of urea groups is 1. The zero-order valence-corrected chi connectivity index (χ0v) is 9.16. The third-order valence-corrected chi connectivity index (χ3v) is 2.03. The summed E-state index contributed by atoms with van der Waals surface area (Å²) in [6, 6.07) is -0.161. The average molecular weight is 211 g/mol. The van der Waals surface area contributed by atoms with Crippen LogP contribution < -0.4 is 10.6 Å². The Bertz CT molecular complexity index is 309. The van der Waals surface area contributed by atoms with E-state index in [0.29, 0.717) is 13.1 Å². The van der Waals surface area contributed by atoms with Crippen molar-refractivity contribution < 1.29 is 4.79 Å².